The Bertz CT molecular complexity index is 1620. The van der Waals surface area contributed by atoms with Crippen molar-refractivity contribution in [3.8, 4) is 44.6 Å². The van der Waals surface area contributed by atoms with Gasteiger partial charge in [-0.3, -0.25) is 9.97 Å². The van der Waals surface area contributed by atoms with Crippen molar-refractivity contribution in [2.24, 2.45) is 0 Å². The van der Waals surface area contributed by atoms with Gasteiger partial charge in [0.1, 0.15) is 0 Å². The van der Waals surface area contributed by atoms with E-state index in [0.717, 1.165) is 38.9 Å². The summed E-state index contributed by atoms with van der Waals surface area (Å²) >= 11 is 0. The highest BCUT2D eigenvalue weighted by atomic mass is 14.7. The molecule has 6 aromatic rings. The fourth-order valence-electron chi connectivity index (χ4n) is 4.61. The zero-order valence-electron chi connectivity index (χ0n) is 19.5. The minimum Gasteiger partial charge on any atom is -0.256 e. The molecule has 0 bridgehead atoms. The van der Waals surface area contributed by atoms with Crippen molar-refractivity contribution in [1.29, 1.82) is 0 Å². The molecule has 0 amide bonds. The number of pyridine rings is 2. The SMILES string of the molecule is Cc1ccc(-c2ccc(-c3cccc(-c4ccccn4)c3)c3ncc(-c4ccccc4)cc23)cc1. The number of fused-ring (bicyclic) bond motifs is 1. The highest BCUT2D eigenvalue weighted by molar-refractivity contribution is 6.04. The number of benzene rings is 4. The molecular formula is C33H24N2. The van der Waals surface area contributed by atoms with Crippen LogP contribution in [0.4, 0.5) is 0 Å². The zero-order chi connectivity index (χ0) is 23.6. The largest absolute Gasteiger partial charge is 0.256 e. The Morgan fingerprint density at radius 3 is 2.03 bits per heavy atom. The van der Waals surface area contributed by atoms with Gasteiger partial charge in [-0.2, -0.15) is 0 Å². The molecule has 6 rings (SSSR count). The van der Waals surface area contributed by atoms with Crippen LogP contribution in [0.1, 0.15) is 5.56 Å². The number of aromatic nitrogens is 2. The molecule has 0 radical (unpaired) electrons. The lowest BCUT2D eigenvalue weighted by Gasteiger charge is -2.14. The van der Waals surface area contributed by atoms with E-state index in [0.29, 0.717) is 0 Å². The molecular weight excluding hydrogens is 424 g/mol. The highest BCUT2D eigenvalue weighted by Crippen LogP contribution is 2.37. The van der Waals surface area contributed by atoms with E-state index < -0.39 is 0 Å². The van der Waals surface area contributed by atoms with E-state index in [1.165, 1.54) is 22.3 Å². The lowest BCUT2D eigenvalue weighted by molar-refractivity contribution is 1.33. The minimum atomic E-state index is 0.967. The van der Waals surface area contributed by atoms with Crippen LogP contribution in [0.5, 0.6) is 0 Å². The summed E-state index contributed by atoms with van der Waals surface area (Å²) in [5, 5.41) is 1.15. The van der Waals surface area contributed by atoms with Crippen LogP contribution in [0, 0.1) is 6.92 Å². The van der Waals surface area contributed by atoms with Crippen LogP contribution in [0.2, 0.25) is 0 Å². The molecule has 2 heteroatoms. The molecule has 0 unspecified atom stereocenters. The Labute approximate surface area is 205 Å². The summed E-state index contributed by atoms with van der Waals surface area (Å²) in [6.07, 6.45) is 3.82. The molecule has 2 heterocycles. The monoisotopic (exact) mass is 448 g/mol. The van der Waals surface area contributed by atoms with Crippen molar-refractivity contribution in [3.63, 3.8) is 0 Å². The predicted octanol–water partition coefficient (Wildman–Crippen LogP) is 8.61. The molecule has 166 valence electrons. The molecule has 0 atom stereocenters. The molecule has 2 nitrogen and oxygen atoms in total. The average Bonchev–Trinajstić information content (AvgIpc) is 2.94. The molecule has 0 aliphatic heterocycles. The van der Waals surface area contributed by atoms with Crippen molar-refractivity contribution < 1.29 is 0 Å². The molecule has 0 spiro atoms. The maximum absolute atomic E-state index is 5.02. The summed E-state index contributed by atoms with van der Waals surface area (Å²) in [5.41, 5.74) is 11.2. The van der Waals surface area contributed by atoms with Crippen molar-refractivity contribution in [3.05, 3.63) is 133 Å². The zero-order valence-corrected chi connectivity index (χ0v) is 19.5. The third-order valence-corrected chi connectivity index (χ3v) is 6.45. The third-order valence-electron chi connectivity index (χ3n) is 6.45. The number of hydrogen-bond donors (Lipinski definition) is 0. The molecule has 4 aromatic carbocycles. The van der Waals surface area contributed by atoms with Crippen LogP contribution in [0.15, 0.2) is 128 Å². The Morgan fingerprint density at radius 1 is 0.486 bits per heavy atom. The van der Waals surface area contributed by atoms with E-state index >= 15 is 0 Å². The van der Waals surface area contributed by atoms with Gasteiger partial charge in [-0.05, 0) is 53.4 Å². The van der Waals surface area contributed by atoms with Gasteiger partial charge >= 0.3 is 0 Å². The topological polar surface area (TPSA) is 25.8 Å². The summed E-state index contributed by atoms with van der Waals surface area (Å²) in [5.74, 6) is 0. The van der Waals surface area contributed by atoms with Crippen LogP contribution >= 0.6 is 0 Å². The molecule has 0 aliphatic carbocycles. The first-order valence-corrected chi connectivity index (χ1v) is 11.8. The second kappa shape index (κ2) is 9.00. The van der Waals surface area contributed by atoms with E-state index in [1.54, 1.807) is 0 Å². The lowest BCUT2D eigenvalue weighted by atomic mass is 9.92. The number of nitrogens with zero attached hydrogens (tertiary/aromatic N) is 2. The third kappa shape index (κ3) is 4.11. The normalized spacial score (nSPS) is 11.0. The summed E-state index contributed by atoms with van der Waals surface area (Å²) in [6, 6.07) is 40.4. The van der Waals surface area contributed by atoms with E-state index in [4.69, 9.17) is 4.98 Å². The van der Waals surface area contributed by atoms with Gasteiger partial charge in [0, 0.05) is 34.5 Å². The summed E-state index contributed by atoms with van der Waals surface area (Å²) in [7, 11) is 0. The fraction of sp³-hybridized carbons (Fsp3) is 0.0303. The smallest absolute Gasteiger partial charge is 0.0786 e. The molecule has 2 aromatic heterocycles. The summed E-state index contributed by atoms with van der Waals surface area (Å²) in [6.45, 7) is 2.12. The fourth-order valence-corrected chi connectivity index (χ4v) is 4.61. The second-order valence-corrected chi connectivity index (χ2v) is 8.81. The standard InChI is InChI=1S/C33H24N2/c1-23-13-15-25(16-14-23)29-17-18-30(26-10-7-11-27(20-26)32-12-5-6-19-34-32)33-31(29)21-28(22-35-33)24-8-3-2-4-9-24/h2-22H,1H3. The summed E-state index contributed by atoms with van der Waals surface area (Å²) in [4.78, 5) is 9.56. The second-order valence-electron chi connectivity index (χ2n) is 8.81. The van der Waals surface area contributed by atoms with Gasteiger partial charge in [-0.25, -0.2) is 0 Å². The quantitative estimate of drug-likeness (QED) is 0.270. The van der Waals surface area contributed by atoms with Crippen molar-refractivity contribution in [1.82, 2.24) is 9.97 Å². The van der Waals surface area contributed by atoms with Gasteiger partial charge in [0.2, 0.25) is 0 Å². The van der Waals surface area contributed by atoms with E-state index in [-0.39, 0.29) is 0 Å². The Hall–Kier alpha value is -4.56. The number of aryl methyl sites for hydroxylation is 1. The first kappa shape index (κ1) is 21.0. The van der Waals surface area contributed by atoms with Gasteiger partial charge < -0.3 is 0 Å². The van der Waals surface area contributed by atoms with Crippen LogP contribution < -0.4 is 0 Å². The van der Waals surface area contributed by atoms with Gasteiger partial charge in [-0.1, -0.05) is 96.6 Å². The Morgan fingerprint density at radius 2 is 1.23 bits per heavy atom. The first-order chi connectivity index (χ1) is 17.3. The van der Waals surface area contributed by atoms with Crippen molar-refractivity contribution in [2.45, 2.75) is 6.92 Å². The molecule has 0 fully saturated rings. The van der Waals surface area contributed by atoms with Crippen LogP contribution in [-0.4, -0.2) is 9.97 Å². The van der Waals surface area contributed by atoms with Crippen LogP contribution in [-0.2, 0) is 0 Å². The Kier molecular flexibility index (Phi) is 5.40. The van der Waals surface area contributed by atoms with Crippen LogP contribution in [0.25, 0.3) is 55.5 Å². The maximum atomic E-state index is 5.02. The maximum Gasteiger partial charge on any atom is 0.0786 e. The van der Waals surface area contributed by atoms with Gasteiger partial charge in [0.15, 0.2) is 0 Å². The molecule has 0 aliphatic rings. The number of rotatable bonds is 4. The predicted molar refractivity (Wildman–Crippen MR) is 146 cm³/mol. The molecule has 0 saturated carbocycles. The van der Waals surface area contributed by atoms with Crippen LogP contribution in [0.3, 0.4) is 0 Å². The van der Waals surface area contributed by atoms with Crippen molar-refractivity contribution in [2.75, 3.05) is 0 Å². The van der Waals surface area contributed by atoms with E-state index in [1.807, 2.05) is 36.7 Å². The summed E-state index contributed by atoms with van der Waals surface area (Å²) < 4.78 is 0. The molecule has 0 saturated heterocycles. The van der Waals surface area contributed by atoms with E-state index in [2.05, 4.69) is 103 Å². The highest BCUT2D eigenvalue weighted by Gasteiger charge is 2.13. The van der Waals surface area contributed by atoms with Gasteiger partial charge in [-0.15, -0.1) is 0 Å². The van der Waals surface area contributed by atoms with E-state index in [9.17, 15) is 0 Å². The average molecular weight is 449 g/mol. The van der Waals surface area contributed by atoms with Crippen molar-refractivity contribution >= 4 is 10.9 Å². The van der Waals surface area contributed by atoms with Gasteiger partial charge in [0.25, 0.3) is 0 Å². The molecule has 0 N–H and O–H groups in total. The first-order valence-electron chi connectivity index (χ1n) is 11.8. The molecule has 35 heavy (non-hydrogen) atoms. The number of hydrogen-bond acceptors (Lipinski definition) is 2. The minimum absolute atomic E-state index is 0.967. The Balaban J connectivity index is 1.57. The lowest BCUT2D eigenvalue weighted by Crippen LogP contribution is -1.91. The van der Waals surface area contributed by atoms with Gasteiger partial charge in [0.05, 0.1) is 11.2 Å².